The highest BCUT2D eigenvalue weighted by molar-refractivity contribution is 5.93. The zero-order chi connectivity index (χ0) is 22.1. The van der Waals surface area contributed by atoms with Crippen molar-refractivity contribution < 1.29 is 23.5 Å². The van der Waals surface area contributed by atoms with Gasteiger partial charge in [-0.25, -0.2) is 0 Å². The molecule has 7 nitrogen and oxygen atoms in total. The quantitative estimate of drug-likeness (QED) is 0.537. The van der Waals surface area contributed by atoms with E-state index in [0.29, 0.717) is 13.1 Å². The number of hydrogen-bond donors (Lipinski definition) is 1. The summed E-state index contributed by atoms with van der Waals surface area (Å²) in [5.74, 6) is -1.47. The highest BCUT2D eigenvalue weighted by Gasteiger charge is 2.24. The number of rotatable bonds is 9. The summed E-state index contributed by atoms with van der Waals surface area (Å²) >= 11 is 0. The molecule has 0 aliphatic rings. The lowest BCUT2D eigenvalue weighted by Crippen LogP contribution is -2.41. The molecule has 3 rings (SSSR count). The molecular weight excluding hydrogens is 396 g/mol. The van der Waals surface area contributed by atoms with Crippen molar-refractivity contribution in [3.8, 4) is 0 Å². The number of carbonyl (C=O) groups excluding carboxylic acids is 3. The van der Waals surface area contributed by atoms with E-state index < -0.39 is 18.0 Å². The molecule has 0 aliphatic carbocycles. The molecule has 2 amide bonds. The lowest BCUT2D eigenvalue weighted by atomic mass is 10.1. The van der Waals surface area contributed by atoms with Crippen LogP contribution in [0.1, 0.15) is 28.6 Å². The number of ether oxygens (including phenoxy) is 1. The van der Waals surface area contributed by atoms with Crippen molar-refractivity contribution in [3.63, 3.8) is 0 Å². The van der Waals surface area contributed by atoms with E-state index >= 15 is 0 Å². The van der Waals surface area contributed by atoms with Crippen molar-refractivity contribution in [3.05, 3.63) is 95.9 Å². The topological polar surface area (TPSA) is 88.8 Å². The van der Waals surface area contributed by atoms with Crippen LogP contribution in [0.3, 0.4) is 0 Å². The van der Waals surface area contributed by atoms with Gasteiger partial charge >= 0.3 is 5.97 Å². The highest BCUT2D eigenvalue weighted by Crippen LogP contribution is 2.13. The van der Waals surface area contributed by atoms with Gasteiger partial charge in [0.1, 0.15) is 6.54 Å². The van der Waals surface area contributed by atoms with Crippen molar-refractivity contribution in [1.29, 1.82) is 0 Å². The summed E-state index contributed by atoms with van der Waals surface area (Å²) in [6.45, 7) is 1.92. The average Bonchev–Trinajstić information content (AvgIpc) is 3.33. The molecule has 3 aromatic rings. The predicted molar refractivity (Wildman–Crippen MR) is 114 cm³/mol. The number of furan rings is 1. The molecule has 0 bridgehead atoms. The predicted octanol–water partition coefficient (Wildman–Crippen LogP) is 3.17. The minimum absolute atomic E-state index is 0.0915. The summed E-state index contributed by atoms with van der Waals surface area (Å²) in [4.78, 5) is 38.7. The molecule has 0 spiro atoms. The summed E-state index contributed by atoms with van der Waals surface area (Å²) in [5.41, 5.74) is 1.94. The molecular formula is C24H24N2O5. The largest absolute Gasteiger partial charge is 0.459 e. The molecule has 0 fully saturated rings. The summed E-state index contributed by atoms with van der Waals surface area (Å²) in [7, 11) is 0. The van der Waals surface area contributed by atoms with Gasteiger partial charge in [0.05, 0.1) is 6.26 Å². The van der Waals surface area contributed by atoms with Crippen LogP contribution in [0.5, 0.6) is 0 Å². The second-order valence-electron chi connectivity index (χ2n) is 6.96. The lowest BCUT2D eigenvalue weighted by Gasteiger charge is -2.26. The zero-order valence-corrected chi connectivity index (χ0v) is 17.2. The summed E-state index contributed by atoms with van der Waals surface area (Å²) in [6, 6.07) is 22.3. The summed E-state index contributed by atoms with van der Waals surface area (Å²) in [5, 5.41) is 2.41. The van der Waals surface area contributed by atoms with Gasteiger partial charge in [0.15, 0.2) is 11.9 Å². The maximum absolute atomic E-state index is 13.1. The number of esters is 1. The van der Waals surface area contributed by atoms with Crippen LogP contribution in [0.4, 0.5) is 0 Å². The molecule has 2 aromatic carbocycles. The normalized spacial score (nSPS) is 11.4. The minimum Gasteiger partial charge on any atom is -0.459 e. The number of nitrogens with zero attached hydrogens (tertiary/aromatic N) is 1. The Balaban J connectivity index is 1.60. The first kappa shape index (κ1) is 21.8. The third-order valence-electron chi connectivity index (χ3n) is 4.54. The molecule has 0 saturated carbocycles. The Morgan fingerprint density at radius 1 is 0.903 bits per heavy atom. The third-order valence-corrected chi connectivity index (χ3v) is 4.54. The molecule has 0 radical (unpaired) electrons. The average molecular weight is 420 g/mol. The molecule has 160 valence electrons. The van der Waals surface area contributed by atoms with E-state index in [4.69, 9.17) is 9.15 Å². The number of benzene rings is 2. The standard InChI is InChI=1S/C24H24N2O5/c1-18(31-22(27)15-25-23(28)21-13-8-14-30-21)24(29)26(16-19-9-4-2-5-10-19)17-20-11-6-3-7-12-20/h2-14,18H,15-17H2,1H3,(H,25,28). The van der Waals surface area contributed by atoms with E-state index in [1.54, 1.807) is 11.0 Å². The second-order valence-corrected chi connectivity index (χ2v) is 6.96. The van der Waals surface area contributed by atoms with Crippen LogP contribution in [-0.2, 0) is 27.4 Å². The first-order chi connectivity index (χ1) is 15.0. The third kappa shape index (κ3) is 6.57. The SMILES string of the molecule is CC(OC(=O)CNC(=O)c1ccco1)C(=O)N(Cc1ccccc1)Cc1ccccc1. The van der Waals surface area contributed by atoms with Gasteiger partial charge in [0.2, 0.25) is 0 Å². The molecule has 1 N–H and O–H groups in total. The number of carbonyl (C=O) groups is 3. The highest BCUT2D eigenvalue weighted by atomic mass is 16.5. The van der Waals surface area contributed by atoms with Gasteiger partial charge in [-0.2, -0.15) is 0 Å². The fourth-order valence-corrected chi connectivity index (χ4v) is 3.01. The van der Waals surface area contributed by atoms with Crippen LogP contribution in [-0.4, -0.2) is 35.3 Å². The van der Waals surface area contributed by atoms with Gasteiger partial charge in [-0.3, -0.25) is 14.4 Å². The fourth-order valence-electron chi connectivity index (χ4n) is 3.01. The van der Waals surface area contributed by atoms with Crippen molar-refractivity contribution in [2.75, 3.05) is 6.54 Å². The second kappa shape index (κ2) is 10.8. The Kier molecular flexibility index (Phi) is 7.59. The van der Waals surface area contributed by atoms with Crippen LogP contribution in [0.25, 0.3) is 0 Å². The molecule has 1 heterocycles. The molecule has 1 atom stereocenters. The van der Waals surface area contributed by atoms with Crippen molar-refractivity contribution in [2.24, 2.45) is 0 Å². The van der Waals surface area contributed by atoms with Gasteiger partial charge in [-0.05, 0) is 30.2 Å². The summed E-state index contributed by atoms with van der Waals surface area (Å²) in [6.07, 6.45) is 0.364. The number of amides is 2. The van der Waals surface area contributed by atoms with Crippen LogP contribution in [0.2, 0.25) is 0 Å². The van der Waals surface area contributed by atoms with Gasteiger partial charge in [0, 0.05) is 13.1 Å². The number of hydrogen-bond acceptors (Lipinski definition) is 5. The van der Waals surface area contributed by atoms with E-state index in [1.807, 2.05) is 60.7 Å². The van der Waals surface area contributed by atoms with E-state index in [-0.39, 0.29) is 18.2 Å². The first-order valence-corrected chi connectivity index (χ1v) is 9.91. The van der Waals surface area contributed by atoms with Crippen LogP contribution in [0.15, 0.2) is 83.5 Å². The van der Waals surface area contributed by atoms with Crippen LogP contribution >= 0.6 is 0 Å². The Hall–Kier alpha value is -3.87. The lowest BCUT2D eigenvalue weighted by molar-refractivity contribution is -0.158. The van der Waals surface area contributed by atoms with Crippen LogP contribution < -0.4 is 5.32 Å². The van der Waals surface area contributed by atoms with Gasteiger partial charge in [-0.1, -0.05) is 60.7 Å². The molecule has 0 saturated heterocycles. The Morgan fingerprint density at radius 3 is 2.00 bits per heavy atom. The van der Waals surface area contributed by atoms with Gasteiger partial charge < -0.3 is 19.4 Å². The summed E-state index contributed by atoms with van der Waals surface area (Å²) < 4.78 is 10.2. The minimum atomic E-state index is -1.000. The Labute approximate surface area is 180 Å². The van der Waals surface area contributed by atoms with Gasteiger partial charge in [-0.15, -0.1) is 0 Å². The van der Waals surface area contributed by atoms with Crippen LogP contribution in [0, 0.1) is 0 Å². The zero-order valence-electron chi connectivity index (χ0n) is 17.2. The smallest absolute Gasteiger partial charge is 0.326 e. The molecule has 1 aromatic heterocycles. The monoisotopic (exact) mass is 420 g/mol. The van der Waals surface area contributed by atoms with E-state index in [2.05, 4.69) is 5.32 Å². The molecule has 1 unspecified atom stereocenters. The first-order valence-electron chi connectivity index (χ1n) is 9.91. The van der Waals surface area contributed by atoms with E-state index in [9.17, 15) is 14.4 Å². The maximum atomic E-state index is 13.1. The Morgan fingerprint density at radius 2 is 1.48 bits per heavy atom. The maximum Gasteiger partial charge on any atom is 0.326 e. The molecule has 0 aliphatic heterocycles. The van der Waals surface area contributed by atoms with E-state index in [0.717, 1.165) is 11.1 Å². The molecule has 31 heavy (non-hydrogen) atoms. The number of nitrogens with one attached hydrogen (secondary N) is 1. The van der Waals surface area contributed by atoms with E-state index in [1.165, 1.54) is 19.3 Å². The fraction of sp³-hybridized carbons (Fsp3) is 0.208. The van der Waals surface area contributed by atoms with Crippen molar-refractivity contribution in [1.82, 2.24) is 10.2 Å². The molecule has 7 heteroatoms. The van der Waals surface area contributed by atoms with Gasteiger partial charge in [0.25, 0.3) is 11.8 Å². The Bertz CT molecular complexity index is 946. The van der Waals surface area contributed by atoms with Crippen molar-refractivity contribution in [2.45, 2.75) is 26.1 Å². The van der Waals surface area contributed by atoms with Crippen molar-refractivity contribution >= 4 is 17.8 Å².